The molecule has 2 aromatic carbocycles. The lowest BCUT2D eigenvalue weighted by molar-refractivity contribution is -0.520. The lowest BCUT2D eigenvalue weighted by atomic mass is 9.90. The van der Waals surface area contributed by atoms with Crippen molar-refractivity contribution in [2.24, 2.45) is 5.73 Å². The van der Waals surface area contributed by atoms with Gasteiger partial charge in [-0.2, -0.15) is 0 Å². The highest BCUT2D eigenvalue weighted by Crippen LogP contribution is 2.31. The highest BCUT2D eigenvalue weighted by molar-refractivity contribution is 6.04. The van der Waals surface area contributed by atoms with E-state index in [1.54, 1.807) is 0 Å². The second-order valence-electron chi connectivity index (χ2n) is 8.17. The molecule has 4 nitrogen and oxygen atoms in total. The molecular formula is C27H35N4+. The standard InChI is InChI=1S/C27H35N4/c1-6-31(20-19-28)26-17-11-23(12-18-26)27(21-7-13-24(14-8-21)29(2)3)22-9-15-25(16-10-22)30(4)5/h7-18H,6,19-20,28H2,1-5H3/q+1. The topological polar surface area (TPSA) is 35.5 Å². The van der Waals surface area contributed by atoms with Gasteiger partial charge in [-0.25, -0.2) is 4.58 Å². The fraction of sp³-hybridized carbons (Fsp3) is 0.296. The zero-order valence-electron chi connectivity index (χ0n) is 19.5. The third kappa shape index (κ3) is 5.33. The number of likely N-dealkylation sites (N-methyl/N-ethyl adjacent to an activating group) is 1. The van der Waals surface area contributed by atoms with Gasteiger partial charge in [0.1, 0.15) is 6.54 Å². The Labute approximate surface area is 187 Å². The maximum atomic E-state index is 5.79. The van der Waals surface area contributed by atoms with Crippen molar-refractivity contribution < 1.29 is 4.58 Å². The van der Waals surface area contributed by atoms with Crippen LogP contribution in [-0.2, 0) is 0 Å². The minimum absolute atomic E-state index is 0.656. The molecule has 0 heterocycles. The van der Waals surface area contributed by atoms with Crippen molar-refractivity contribution in [1.82, 2.24) is 0 Å². The number of nitrogens with two attached hydrogens (primary N) is 1. The number of rotatable bonds is 7. The molecule has 0 aliphatic heterocycles. The maximum Gasteiger partial charge on any atom is 0.199 e. The summed E-state index contributed by atoms with van der Waals surface area (Å²) in [5.41, 5.74) is 14.3. The van der Waals surface area contributed by atoms with Crippen LogP contribution in [0.25, 0.3) is 5.57 Å². The van der Waals surface area contributed by atoms with Gasteiger partial charge in [-0.3, -0.25) is 0 Å². The van der Waals surface area contributed by atoms with Crippen LogP contribution in [0.3, 0.4) is 0 Å². The molecule has 1 aliphatic carbocycles. The Morgan fingerprint density at radius 2 is 1.19 bits per heavy atom. The van der Waals surface area contributed by atoms with Crippen molar-refractivity contribution in [3.63, 3.8) is 0 Å². The van der Waals surface area contributed by atoms with Crippen LogP contribution in [0.1, 0.15) is 18.1 Å². The molecule has 31 heavy (non-hydrogen) atoms. The molecule has 0 saturated heterocycles. The molecule has 0 radical (unpaired) electrons. The van der Waals surface area contributed by atoms with Crippen LogP contribution >= 0.6 is 0 Å². The summed E-state index contributed by atoms with van der Waals surface area (Å²) in [7, 11) is 8.27. The fourth-order valence-electron chi connectivity index (χ4n) is 3.82. The van der Waals surface area contributed by atoms with Crippen molar-refractivity contribution in [2.45, 2.75) is 6.92 Å². The van der Waals surface area contributed by atoms with E-state index in [4.69, 9.17) is 5.73 Å². The van der Waals surface area contributed by atoms with Crippen LogP contribution < -0.4 is 15.5 Å². The summed E-state index contributed by atoms with van der Waals surface area (Å²) in [6.07, 6.45) is 8.86. The number of hydrogen-bond acceptors (Lipinski definition) is 3. The quantitative estimate of drug-likeness (QED) is 0.689. The predicted octanol–water partition coefficient (Wildman–Crippen LogP) is 4.18. The van der Waals surface area contributed by atoms with Gasteiger partial charge in [0.25, 0.3) is 0 Å². The summed E-state index contributed by atoms with van der Waals surface area (Å²) >= 11 is 0. The van der Waals surface area contributed by atoms with Gasteiger partial charge in [-0.15, -0.1) is 0 Å². The van der Waals surface area contributed by atoms with Crippen molar-refractivity contribution in [2.75, 3.05) is 57.6 Å². The Morgan fingerprint density at radius 3 is 1.55 bits per heavy atom. The molecule has 0 amide bonds. The average molecular weight is 416 g/mol. The monoisotopic (exact) mass is 415 g/mol. The number of benzene rings is 2. The average Bonchev–Trinajstić information content (AvgIpc) is 2.79. The summed E-state index contributed by atoms with van der Waals surface area (Å²) in [5.74, 6) is 0. The van der Waals surface area contributed by atoms with Crippen LogP contribution in [-0.4, -0.2) is 58.1 Å². The highest BCUT2D eigenvalue weighted by Gasteiger charge is 2.15. The summed E-state index contributed by atoms with van der Waals surface area (Å²) < 4.78 is 2.31. The first-order valence-electron chi connectivity index (χ1n) is 10.9. The molecule has 2 aromatic rings. The molecule has 0 bridgehead atoms. The molecular weight excluding hydrogens is 380 g/mol. The second-order valence-corrected chi connectivity index (χ2v) is 8.17. The van der Waals surface area contributed by atoms with Gasteiger partial charge < -0.3 is 15.5 Å². The van der Waals surface area contributed by atoms with Gasteiger partial charge in [0, 0.05) is 51.7 Å². The first kappa shape index (κ1) is 22.6. The van der Waals surface area contributed by atoms with Crippen LogP contribution in [0.15, 0.2) is 78.4 Å². The molecule has 0 saturated carbocycles. The molecule has 0 fully saturated rings. The van der Waals surface area contributed by atoms with Crippen molar-refractivity contribution in [3.8, 4) is 0 Å². The normalized spacial score (nSPS) is 12.8. The van der Waals surface area contributed by atoms with Crippen LogP contribution in [0.5, 0.6) is 0 Å². The summed E-state index contributed by atoms with van der Waals surface area (Å²) in [6.45, 7) is 4.64. The lowest BCUT2D eigenvalue weighted by Crippen LogP contribution is -2.25. The van der Waals surface area contributed by atoms with Gasteiger partial charge in [-0.1, -0.05) is 24.3 Å². The van der Waals surface area contributed by atoms with Crippen LogP contribution in [0.4, 0.5) is 11.4 Å². The molecule has 0 spiro atoms. The van der Waals surface area contributed by atoms with E-state index in [-0.39, 0.29) is 0 Å². The third-order valence-electron chi connectivity index (χ3n) is 5.65. The van der Waals surface area contributed by atoms with Gasteiger partial charge in [0.15, 0.2) is 12.3 Å². The minimum Gasteiger partial charge on any atom is -0.378 e. The Balaban J connectivity index is 2.09. The van der Waals surface area contributed by atoms with Crippen LogP contribution in [0, 0.1) is 0 Å². The first-order valence-corrected chi connectivity index (χ1v) is 10.9. The van der Waals surface area contributed by atoms with Gasteiger partial charge in [-0.05, 0) is 65.6 Å². The van der Waals surface area contributed by atoms with Gasteiger partial charge >= 0.3 is 0 Å². The first-order chi connectivity index (χ1) is 14.9. The molecule has 2 N–H and O–H groups in total. The van der Waals surface area contributed by atoms with Crippen LogP contribution in [0.2, 0.25) is 0 Å². The van der Waals surface area contributed by atoms with E-state index in [2.05, 4.69) is 122 Å². The zero-order valence-corrected chi connectivity index (χ0v) is 19.5. The SMILES string of the molecule is CC[N+](CCN)=C1C=CC(=C(c2ccc(N(C)C)cc2)c2ccc(N(C)C)cc2)C=C1. The van der Waals surface area contributed by atoms with Gasteiger partial charge in [0.05, 0.1) is 6.54 Å². The number of anilines is 2. The molecule has 0 unspecified atom stereocenters. The van der Waals surface area contributed by atoms with Crippen molar-refractivity contribution in [1.29, 1.82) is 0 Å². The smallest absolute Gasteiger partial charge is 0.199 e. The molecule has 162 valence electrons. The van der Waals surface area contributed by atoms with E-state index < -0.39 is 0 Å². The number of allylic oxidation sites excluding steroid dienone is 5. The Hall–Kier alpha value is -3.11. The largest absolute Gasteiger partial charge is 0.378 e. The Kier molecular flexibility index (Phi) is 7.48. The molecule has 3 rings (SSSR count). The lowest BCUT2D eigenvalue weighted by Gasteiger charge is -2.18. The molecule has 0 atom stereocenters. The van der Waals surface area contributed by atoms with Crippen molar-refractivity contribution >= 4 is 22.7 Å². The number of hydrogen-bond donors (Lipinski definition) is 1. The Morgan fingerprint density at radius 1 is 0.742 bits per heavy atom. The highest BCUT2D eigenvalue weighted by atomic mass is 15.1. The summed E-state index contributed by atoms with van der Waals surface area (Å²) in [5, 5.41) is 0. The molecule has 4 heteroatoms. The third-order valence-corrected chi connectivity index (χ3v) is 5.65. The predicted molar refractivity (Wildman–Crippen MR) is 136 cm³/mol. The van der Waals surface area contributed by atoms with Crippen molar-refractivity contribution in [3.05, 3.63) is 89.5 Å². The van der Waals surface area contributed by atoms with E-state index in [9.17, 15) is 0 Å². The molecule has 0 aromatic heterocycles. The Bertz CT molecular complexity index is 933. The van der Waals surface area contributed by atoms with E-state index in [0.717, 1.165) is 13.1 Å². The van der Waals surface area contributed by atoms with Gasteiger partial charge in [0.2, 0.25) is 0 Å². The van der Waals surface area contributed by atoms with E-state index in [1.165, 1.54) is 39.4 Å². The number of nitrogens with zero attached hydrogens (tertiary/aromatic N) is 3. The molecule has 1 aliphatic rings. The van der Waals surface area contributed by atoms with E-state index >= 15 is 0 Å². The van der Waals surface area contributed by atoms with E-state index in [0.29, 0.717) is 6.54 Å². The van der Waals surface area contributed by atoms with E-state index in [1.807, 2.05) is 0 Å². The minimum atomic E-state index is 0.656. The summed E-state index contributed by atoms with van der Waals surface area (Å²) in [4.78, 5) is 4.25. The maximum absolute atomic E-state index is 5.79. The second kappa shape index (κ2) is 10.3. The zero-order chi connectivity index (χ0) is 22.4. The fourth-order valence-corrected chi connectivity index (χ4v) is 3.82. The summed E-state index contributed by atoms with van der Waals surface area (Å²) in [6, 6.07) is 17.6.